The lowest BCUT2D eigenvalue weighted by atomic mass is 10.0. The number of unbranched alkanes of at least 4 members (excludes halogenated alkanes) is 2. The number of amides is 20. The maximum absolute atomic E-state index is 14.2. The Bertz CT molecular complexity index is 4010. The van der Waals surface area contributed by atoms with Crippen molar-refractivity contribution < 1.29 is 161 Å². The molecule has 1 heterocycles. The highest BCUT2D eigenvalue weighted by atomic mass is 16.4. The molecule has 1 fully saturated rings. The molecule has 0 bridgehead atoms. The number of primary amides is 4. The Kier molecular flexibility index (Phi) is 51.7. The van der Waals surface area contributed by atoms with Gasteiger partial charge in [-0.25, -0.2) is 4.79 Å². The third-order valence-corrected chi connectivity index (χ3v) is 19.9. The van der Waals surface area contributed by atoms with Crippen molar-refractivity contribution in [3.8, 4) is 0 Å². The molecule has 39 N–H and O–H groups in total. The van der Waals surface area contributed by atoms with Crippen molar-refractivity contribution in [1.82, 2.24) is 84.7 Å². The van der Waals surface area contributed by atoms with Crippen molar-refractivity contribution in [2.45, 2.75) is 303 Å². The van der Waals surface area contributed by atoms with Gasteiger partial charge in [0.2, 0.25) is 118 Å². The van der Waals surface area contributed by atoms with Crippen molar-refractivity contribution in [3.05, 3.63) is 0 Å². The summed E-state index contributed by atoms with van der Waals surface area (Å²) < 4.78 is 0. The number of likely N-dealkylation sites (tertiary alicyclic amines) is 1. The van der Waals surface area contributed by atoms with E-state index < -0.39 is 346 Å². The molecule has 23 atom stereocenters. The van der Waals surface area contributed by atoms with E-state index in [-0.39, 0.29) is 45.3 Å². The summed E-state index contributed by atoms with van der Waals surface area (Å²) in [5.41, 5.74) is 38.3. The lowest BCUT2D eigenvalue weighted by Crippen LogP contribution is -2.65. The SMILES string of the molecule is C[C@H](NC(=O)[C@@H](NC(=O)[C@H](CC(N)=O)NC(=O)[C@H](CCC(N)=O)NC(=O)[C@@H](N)CCCCN)[C@@H](C)O)C(=O)N[C@@H](CO)C(=O)N[C@H](C(=O)N[C@@H](CCC(=O)O)C(=O)N[C@H](C(=O)N[C@H](C(=O)N[C@H](C(=O)N[C@H](C(=O)N[C@@H](CC(N)=O)C(=O)N[C@@H](CCC(=O)O)C(=O)N[C@@H](CCC(N)=O)C(=O)N1CCC[C@H]1C(=O)N[C@@H](CCCCN)C(=O)O)[C@@H](C)O)[C@@H](C)O)[C@@H](C)O)[C@@H](C)O)[C@@H](C)O. The van der Waals surface area contributed by atoms with Crippen LogP contribution in [0.4, 0.5) is 0 Å². The number of nitrogens with two attached hydrogens (primary N) is 7. The lowest BCUT2D eigenvalue weighted by Gasteiger charge is -2.31. The van der Waals surface area contributed by atoms with Crippen molar-refractivity contribution in [2.75, 3.05) is 26.2 Å². The molecule has 0 aliphatic carbocycles. The number of aliphatic carboxylic acids is 3. The molecule has 1 saturated heterocycles. The third kappa shape index (κ3) is 41.8. The number of nitrogens with zero attached hydrogens (tertiary/aromatic N) is 1. The molecule has 0 radical (unpaired) electrons. The van der Waals surface area contributed by atoms with Crippen LogP contribution >= 0.6 is 0 Å². The van der Waals surface area contributed by atoms with Crippen LogP contribution in [0.2, 0.25) is 0 Å². The topological polar surface area (TPSA) is 961 Å². The number of carbonyl (C=O) groups excluding carboxylic acids is 20. The van der Waals surface area contributed by atoms with E-state index in [0.717, 1.165) is 53.4 Å². The highest BCUT2D eigenvalue weighted by Gasteiger charge is 2.44. The van der Waals surface area contributed by atoms with E-state index in [0.29, 0.717) is 25.7 Å². The molecule has 0 unspecified atom stereocenters. The second-order valence-electron chi connectivity index (χ2n) is 31.2. The van der Waals surface area contributed by atoms with Gasteiger partial charge in [0.05, 0.1) is 62.1 Å². The number of carboxylic acids is 3. The summed E-state index contributed by atoms with van der Waals surface area (Å²) in [5.74, 6) is -30.6. The molecule has 0 aromatic carbocycles. The summed E-state index contributed by atoms with van der Waals surface area (Å²) in [6.07, 6.45) is -17.8. The largest absolute Gasteiger partial charge is 0.481 e. The molecule has 0 aromatic heterocycles. The van der Waals surface area contributed by atoms with E-state index in [1.165, 1.54) is 0 Å². The van der Waals surface area contributed by atoms with Crippen LogP contribution in [-0.4, -0.2) is 358 Å². The second kappa shape index (κ2) is 58.2. The molecular weight excluding hydrogens is 1750 g/mol. The molecule has 0 spiro atoms. The van der Waals surface area contributed by atoms with Gasteiger partial charge in [0.1, 0.15) is 96.7 Å². The number of nitrogens with one attached hydrogen (secondary N) is 15. The van der Waals surface area contributed by atoms with E-state index in [4.69, 9.17) is 40.1 Å². The molecular formula is C75H127N23O33. The van der Waals surface area contributed by atoms with E-state index >= 15 is 0 Å². The second-order valence-corrected chi connectivity index (χ2v) is 31.2. The van der Waals surface area contributed by atoms with Gasteiger partial charge < -0.3 is 176 Å². The molecule has 1 aliphatic heterocycles. The first-order chi connectivity index (χ1) is 61.0. The Labute approximate surface area is 749 Å². The highest BCUT2D eigenvalue weighted by molar-refractivity contribution is 6.03. The van der Waals surface area contributed by atoms with Gasteiger partial charge in [0, 0.05) is 32.2 Å². The molecule has 0 aromatic rings. The minimum Gasteiger partial charge on any atom is -0.481 e. The van der Waals surface area contributed by atoms with E-state index in [9.17, 15) is 161 Å². The quantitative estimate of drug-likeness (QED) is 0.0251. The number of rotatable bonds is 63. The summed E-state index contributed by atoms with van der Waals surface area (Å²) in [4.78, 5) is 306. The van der Waals surface area contributed by atoms with Crippen molar-refractivity contribution in [3.63, 3.8) is 0 Å². The Hall–Kier alpha value is -12.6. The van der Waals surface area contributed by atoms with Gasteiger partial charge in [-0.05, 0) is 132 Å². The molecule has 56 heteroatoms. The smallest absolute Gasteiger partial charge is 0.326 e. The summed E-state index contributed by atoms with van der Waals surface area (Å²) >= 11 is 0. The average Bonchev–Trinajstić information content (AvgIpc) is 1.72. The minimum atomic E-state index is -2.28. The van der Waals surface area contributed by atoms with Crippen LogP contribution in [0.25, 0.3) is 0 Å². The standard InChI is InChI=1S/C75H127N23O33/c1-30(83-68(123)53(31(2)100)93-65(120)44(28-50(82)109)89-62(117)38(16-20-47(79)106)84-60(115)37(78)13-8-10-24-76)59(114)91-45(29-99)66(121)94-54(32(3)101)69(124)86-40(19-23-52(112)113)63(118)92-56(34(5)103)71(126)96-58(36(7)105)73(128)97-57(35(6)104)72(127)95-55(33(4)102)70(125)90-43(27-49(81)108)64(119)85-39(18-22-51(110)111)61(116)87-41(17-21-48(80)107)74(129)98-26-12-15-46(98)67(122)88-42(75(130)131)14-9-11-25-77/h30-46,53-58,99-105H,8-29,76-78H2,1-7H3,(H2,79,106)(H2,80,107)(H2,81,108)(H2,82,109)(H,83,123)(H,84,115)(H,85,119)(H,86,124)(H,87,116)(H,88,122)(H,89,117)(H,90,125)(H,91,114)(H,92,118)(H,93,120)(H,94,121)(H,95,127)(H,96,126)(H,97,128)(H,110,111)(H,112,113)(H,130,131)/t30-,31+,32+,33+,34+,35+,36+,37-,38-,39-,40-,41-,42-,43-,44-,45-,46-,53-,54-,55-,56-,57-,58-/m0/s1. The first-order valence-corrected chi connectivity index (χ1v) is 41.6. The number of aliphatic hydroxyl groups excluding tert-OH is 7. The maximum Gasteiger partial charge on any atom is 0.326 e. The summed E-state index contributed by atoms with van der Waals surface area (Å²) in [6, 6.07) is -32.7. The van der Waals surface area contributed by atoms with Gasteiger partial charge in [0.15, 0.2) is 0 Å². The summed E-state index contributed by atoms with van der Waals surface area (Å²) in [6.45, 7) is 5.43. The Morgan fingerprint density at radius 3 is 0.969 bits per heavy atom. The molecule has 20 amide bonds. The Morgan fingerprint density at radius 2 is 0.611 bits per heavy atom. The Balaban J connectivity index is 3.48. The zero-order valence-electron chi connectivity index (χ0n) is 73.2. The van der Waals surface area contributed by atoms with E-state index in [1.54, 1.807) is 0 Å². The summed E-state index contributed by atoms with van der Waals surface area (Å²) in [7, 11) is 0. The Morgan fingerprint density at radius 1 is 0.321 bits per heavy atom. The molecule has 131 heavy (non-hydrogen) atoms. The van der Waals surface area contributed by atoms with Crippen LogP contribution in [0, 0.1) is 0 Å². The van der Waals surface area contributed by atoms with Crippen LogP contribution in [0.1, 0.15) is 164 Å². The first kappa shape index (κ1) is 116. The monoisotopic (exact) mass is 1880 g/mol. The van der Waals surface area contributed by atoms with Gasteiger partial charge in [-0.1, -0.05) is 6.42 Å². The highest BCUT2D eigenvalue weighted by Crippen LogP contribution is 2.22. The fourth-order valence-electron chi connectivity index (χ4n) is 12.6. The number of carboxylic acid groups (broad SMARTS) is 3. The number of carbonyl (C=O) groups is 23. The summed E-state index contributed by atoms with van der Waals surface area (Å²) in [5, 5.41) is 136. The van der Waals surface area contributed by atoms with Crippen molar-refractivity contribution in [2.24, 2.45) is 40.1 Å². The third-order valence-electron chi connectivity index (χ3n) is 19.9. The van der Waals surface area contributed by atoms with E-state index in [2.05, 4.69) is 37.2 Å². The van der Waals surface area contributed by atoms with Gasteiger partial charge in [-0.2, -0.15) is 0 Å². The first-order valence-electron chi connectivity index (χ1n) is 41.6. The number of hydrogen-bond acceptors (Lipinski definition) is 33. The van der Waals surface area contributed by atoms with Gasteiger partial charge in [0.25, 0.3) is 0 Å². The minimum absolute atomic E-state index is 0.00785. The lowest BCUT2D eigenvalue weighted by molar-refractivity contribution is -0.145. The van der Waals surface area contributed by atoms with E-state index in [1.807, 2.05) is 42.5 Å². The zero-order valence-corrected chi connectivity index (χ0v) is 73.2. The molecule has 1 rings (SSSR count). The number of aliphatic hydroxyl groups is 7. The predicted molar refractivity (Wildman–Crippen MR) is 446 cm³/mol. The van der Waals surface area contributed by atoms with Crippen molar-refractivity contribution >= 4 is 136 Å². The van der Waals surface area contributed by atoms with Crippen LogP contribution in [0.3, 0.4) is 0 Å². The molecule has 0 saturated carbocycles. The van der Waals surface area contributed by atoms with Crippen LogP contribution < -0.4 is 120 Å². The van der Waals surface area contributed by atoms with Crippen LogP contribution in [0.5, 0.6) is 0 Å². The van der Waals surface area contributed by atoms with Crippen LogP contribution in [0.15, 0.2) is 0 Å². The zero-order chi connectivity index (χ0) is 100. The fraction of sp³-hybridized carbons (Fsp3) is 0.693. The van der Waals surface area contributed by atoms with Crippen LogP contribution in [-0.2, 0) is 110 Å². The molecule has 56 nitrogen and oxygen atoms in total. The molecule has 1 aliphatic rings. The number of hydrogen-bond donors (Lipinski definition) is 32. The fourth-order valence-corrected chi connectivity index (χ4v) is 12.6. The van der Waals surface area contributed by atoms with Gasteiger partial charge >= 0.3 is 17.9 Å². The average molecular weight is 1880 g/mol. The maximum atomic E-state index is 14.2. The van der Waals surface area contributed by atoms with Gasteiger partial charge in [-0.3, -0.25) is 105 Å². The molecule has 740 valence electrons. The van der Waals surface area contributed by atoms with Crippen molar-refractivity contribution in [1.29, 1.82) is 0 Å². The van der Waals surface area contributed by atoms with Gasteiger partial charge in [-0.15, -0.1) is 0 Å². The predicted octanol–water partition coefficient (Wildman–Crippen LogP) is -16.8. The normalized spacial score (nSPS) is 17.4.